The van der Waals surface area contributed by atoms with Crippen molar-refractivity contribution in [2.75, 3.05) is 33.1 Å². The molecule has 0 N–H and O–H groups in total. The lowest BCUT2D eigenvalue weighted by atomic mass is 10.2. The van der Waals surface area contributed by atoms with E-state index in [9.17, 15) is 8.42 Å². The Morgan fingerprint density at radius 2 is 1.67 bits per heavy atom. The van der Waals surface area contributed by atoms with Gasteiger partial charge in [-0.15, -0.1) is 0 Å². The van der Waals surface area contributed by atoms with E-state index in [0.29, 0.717) is 11.0 Å². The lowest BCUT2D eigenvalue weighted by molar-refractivity contribution is 0.521. The first-order valence-corrected chi connectivity index (χ1v) is 7.38. The fraction of sp³-hybridized carbons (Fsp3) is 0.400. The highest BCUT2D eigenvalue weighted by Crippen LogP contribution is 2.30. The predicted molar refractivity (Wildman–Crippen MR) is 72.6 cm³/mol. The van der Waals surface area contributed by atoms with E-state index >= 15 is 0 Å². The molecule has 0 saturated carbocycles. The number of benzene rings is 1. The zero-order valence-electron chi connectivity index (χ0n) is 10.6. The summed E-state index contributed by atoms with van der Waals surface area (Å²) in [6.07, 6.45) is 0. The molecule has 6 nitrogen and oxygen atoms in total. The molecule has 0 bridgehead atoms. The van der Waals surface area contributed by atoms with Crippen molar-refractivity contribution in [3.63, 3.8) is 0 Å². The lowest BCUT2D eigenvalue weighted by Gasteiger charge is -2.15. The first-order valence-electron chi connectivity index (χ1n) is 5.21. The van der Waals surface area contributed by atoms with E-state index in [4.69, 9.17) is 0 Å². The number of aromatic nitrogens is 2. The Hall–Kier alpha value is -1.25. The van der Waals surface area contributed by atoms with Crippen molar-refractivity contribution < 1.29 is 8.42 Å². The van der Waals surface area contributed by atoms with E-state index in [1.165, 1.54) is 18.4 Å². The van der Waals surface area contributed by atoms with E-state index in [1.54, 1.807) is 12.1 Å². The predicted octanol–water partition coefficient (Wildman–Crippen LogP) is 1.01. The number of hydrogen-bond acceptors (Lipinski definition) is 6. The summed E-state index contributed by atoms with van der Waals surface area (Å²) >= 11 is 1.02. The minimum absolute atomic E-state index is 0.196. The number of hydrogen-bond donors (Lipinski definition) is 0. The number of fused-ring (bicyclic) bond motifs is 1. The van der Waals surface area contributed by atoms with Crippen molar-refractivity contribution >= 4 is 38.5 Å². The molecule has 2 rings (SSSR count). The largest absolute Gasteiger partial charge is 0.376 e. The van der Waals surface area contributed by atoms with Gasteiger partial charge in [-0.3, -0.25) is 0 Å². The van der Waals surface area contributed by atoms with Crippen LogP contribution in [0.2, 0.25) is 0 Å². The van der Waals surface area contributed by atoms with Gasteiger partial charge >= 0.3 is 0 Å². The molecule has 1 aromatic carbocycles. The fourth-order valence-electron chi connectivity index (χ4n) is 1.60. The Labute approximate surface area is 110 Å². The van der Waals surface area contributed by atoms with Crippen LogP contribution in [0.1, 0.15) is 0 Å². The maximum Gasteiger partial charge on any atom is 0.244 e. The summed E-state index contributed by atoms with van der Waals surface area (Å²) < 4.78 is 33.8. The standard InChI is InChI=1S/C10H14N4O2S2/c1-13(2)7-5-6-8(18(15,16)14(3)4)10-9(7)11-17-12-10/h5-6H,1-4H3. The number of sulfonamides is 1. The quantitative estimate of drug-likeness (QED) is 0.842. The summed E-state index contributed by atoms with van der Waals surface area (Å²) in [6.45, 7) is 0. The maximum atomic E-state index is 12.2. The molecule has 18 heavy (non-hydrogen) atoms. The molecule has 98 valence electrons. The molecule has 0 aliphatic carbocycles. The molecular weight excluding hydrogens is 272 g/mol. The summed E-state index contributed by atoms with van der Waals surface area (Å²) in [5, 5.41) is 0. The van der Waals surface area contributed by atoms with Crippen LogP contribution in [0.4, 0.5) is 5.69 Å². The van der Waals surface area contributed by atoms with E-state index in [0.717, 1.165) is 17.4 Å². The Kier molecular flexibility index (Phi) is 3.26. The van der Waals surface area contributed by atoms with E-state index in [1.807, 2.05) is 19.0 Å². The van der Waals surface area contributed by atoms with Crippen LogP contribution in [0.25, 0.3) is 11.0 Å². The molecule has 1 aromatic heterocycles. The van der Waals surface area contributed by atoms with Crippen LogP contribution >= 0.6 is 11.7 Å². The van der Waals surface area contributed by atoms with Crippen LogP contribution < -0.4 is 4.90 Å². The van der Waals surface area contributed by atoms with Crippen molar-refractivity contribution in [3.8, 4) is 0 Å². The second-order valence-corrected chi connectivity index (χ2v) is 6.87. The Balaban J connectivity index is 2.77. The lowest BCUT2D eigenvalue weighted by Crippen LogP contribution is -2.22. The van der Waals surface area contributed by atoms with Gasteiger partial charge in [0.1, 0.15) is 15.9 Å². The molecule has 8 heteroatoms. The summed E-state index contributed by atoms with van der Waals surface area (Å²) in [6, 6.07) is 3.33. The van der Waals surface area contributed by atoms with E-state index in [-0.39, 0.29) is 4.90 Å². The fourth-order valence-corrected chi connectivity index (χ4v) is 3.24. The average Bonchev–Trinajstić information content (AvgIpc) is 2.75. The SMILES string of the molecule is CN(C)c1ccc(S(=O)(=O)N(C)C)c2nsnc12. The summed E-state index contributed by atoms with van der Waals surface area (Å²) in [4.78, 5) is 2.08. The van der Waals surface area contributed by atoms with Crippen LogP contribution in [-0.4, -0.2) is 49.7 Å². The van der Waals surface area contributed by atoms with Crippen LogP contribution in [-0.2, 0) is 10.0 Å². The van der Waals surface area contributed by atoms with Gasteiger partial charge in [0.15, 0.2) is 0 Å². The molecule has 0 spiro atoms. The van der Waals surface area contributed by atoms with Crippen LogP contribution in [0.5, 0.6) is 0 Å². The molecule has 0 aliphatic heterocycles. The number of rotatable bonds is 3. The molecule has 0 radical (unpaired) electrons. The highest BCUT2D eigenvalue weighted by atomic mass is 32.2. The Bertz CT molecular complexity index is 676. The van der Waals surface area contributed by atoms with Gasteiger partial charge in [0.25, 0.3) is 0 Å². The van der Waals surface area contributed by atoms with Crippen molar-refractivity contribution in [1.82, 2.24) is 13.1 Å². The third kappa shape index (κ3) is 1.96. The summed E-state index contributed by atoms with van der Waals surface area (Å²) in [5.74, 6) is 0. The summed E-state index contributed by atoms with van der Waals surface area (Å²) in [7, 11) is 3.27. The van der Waals surface area contributed by atoms with Gasteiger partial charge in [0.2, 0.25) is 10.0 Å². The molecular formula is C10H14N4O2S2. The maximum absolute atomic E-state index is 12.2. The molecule has 1 heterocycles. The molecule has 0 saturated heterocycles. The van der Waals surface area contributed by atoms with Gasteiger partial charge in [-0.25, -0.2) is 12.7 Å². The Morgan fingerprint density at radius 3 is 2.22 bits per heavy atom. The van der Waals surface area contributed by atoms with E-state index in [2.05, 4.69) is 8.75 Å². The number of anilines is 1. The molecule has 2 aromatic rings. The minimum Gasteiger partial charge on any atom is -0.376 e. The normalized spacial score (nSPS) is 12.3. The molecule has 0 aliphatic rings. The third-order valence-corrected chi connectivity index (χ3v) is 4.97. The van der Waals surface area contributed by atoms with Crippen LogP contribution in [0.15, 0.2) is 17.0 Å². The molecule has 0 atom stereocenters. The number of nitrogens with zero attached hydrogens (tertiary/aromatic N) is 4. The van der Waals surface area contributed by atoms with Crippen LogP contribution in [0, 0.1) is 0 Å². The van der Waals surface area contributed by atoms with Crippen molar-refractivity contribution in [2.24, 2.45) is 0 Å². The average molecular weight is 286 g/mol. The first-order chi connectivity index (χ1) is 8.35. The van der Waals surface area contributed by atoms with Crippen LogP contribution in [0.3, 0.4) is 0 Å². The zero-order chi connectivity index (χ0) is 13.5. The summed E-state index contributed by atoms with van der Waals surface area (Å²) in [5.41, 5.74) is 1.91. The van der Waals surface area contributed by atoms with Crippen molar-refractivity contribution in [1.29, 1.82) is 0 Å². The van der Waals surface area contributed by atoms with Gasteiger partial charge < -0.3 is 4.90 Å². The monoisotopic (exact) mass is 286 g/mol. The highest BCUT2D eigenvalue weighted by Gasteiger charge is 2.23. The smallest absolute Gasteiger partial charge is 0.244 e. The second kappa shape index (κ2) is 4.45. The zero-order valence-corrected chi connectivity index (χ0v) is 12.2. The minimum atomic E-state index is -3.50. The molecule has 0 amide bonds. The molecule has 0 unspecified atom stereocenters. The molecule has 0 fully saturated rings. The topological polar surface area (TPSA) is 66.4 Å². The highest BCUT2D eigenvalue weighted by molar-refractivity contribution is 7.89. The van der Waals surface area contributed by atoms with Gasteiger partial charge in [-0.2, -0.15) is 8.75 Å². The van der Waals surface area contributed by atoms with Crippen molar-refractivity contribution in [2.45, 2.75) is 4.90 Å². The van der Waals surface area contributed by atoms with Crippen molar-refractivity contribution in [3.05, 3.63) is 12.1 Å². The second-order valence-electron chi connectivity index (χ2n) is 4.23. The Morgan fingerprint density at radius 1 is 1.06 bits per heavy atom. The van der Waals surface area contributed by atoms with Gasteiger partial charge in [0, 0.05) is 28.2 Å². The van der Waals surface area contributed by atoms with E-state index < -0.39 is 10.0 Å². The van der Waals surface area contributed by atoms with Gasteiger partial charge in [-0.1, -0.05) is 0 Å². The van der Waals surface area contributed by atoms with Gasteiger partial charge in [0.05, 0.1) is 17.4 Å². The first kappa shape index (κ1) is 13.2. The third-order valence-electron chi connectivity index (χ3n) is 2.60. The van der Waals surface area contributed by atoms with Gasteiger partial charge in [-0.05, 0) is 12.1 Å².